The van der Waals surface area contributed by atoms with E-state index in [4.69, 9.17) is 22.9 Å². The molecule has 0 bridgehead atoms. The van der Waals surface area contributed by atoms with Crippen LogP contribution in [-0.4, -0.2) is 0 Å². The average Bonchev–Trinajstić information content (AvgIpc) is 2.34. The van der Waals surface area contributed by atoms with Crippen molar-refractivity contribution < 1.29 is 0 Å². The van der Waals surface area contributed by atoms with Gasteiger partial charge in [0, 0.05) is 5.56 Å². The first kappa shape index (κ1) is 10.3. The number of nitrogens with two attached hydrogens (primary N) is 4. The Balaban J connectivity index is 2.72. The van der Waals surface area contributed by atoms with E-state index in [0.717, 1.165) is 23.1 Å². The Morgan fingerprint density at radius 3 is 2.47 bits per heavy atom. The Kier molecular flexibility index (Phi) is 1.96. The molecule has 1 aliphatic carbocycles. The van der Waals surface area contributed by atoms with Gasteiger partial charge in [-0.2, -0.15) is 0 Å². The van der Waals surface area contributed by atoms with Crippen molar-refractivity contribution in [2.45, 2.75) is 25.9 Å². The molecule has 0 heterocycles. The number of anilines is 2. The summed E-state index contributed by atoms with van der Waals surface area (Å²) in [5.74, 6) is 0.191. The maximum atomic E-state index is 6.09. The molecule has 1 aromatic rings. The second kappa shape index (κ2) is 2.87. The number of aryl methyl sites for hydroxylation is 1. The first-order valence-electron chi connectivity index (χ1n) is 5.11. The summed E-state index contributed by atoms with van der Waals surface area (Å²) in [6.45, 7) is 3.98. The molecule has 0 radical (unpaired) electrons. The molecule has 0 amide bonds. The molecule has 1 aromatic carbocycles. The summed E-state index contributed by atoms with van der Waals surface area (Å²) in [6.07, 6.45) is 0.869. The van der Waals surface area contributed by atoms with Crippen LogP contribution in [0, 0.1) is 12.8 Å². The van der Waals surface area contributed by atoms with Gasteiger partial charge in [0.25, 0.3) is 0 Å². The van der Waals surface area contributed by atoms with E-state index in [1.807, 2.05) is 19.9 Å². The minimum Gasteiger partial charge on any atom is -0.397 e. The van der Waals surface area contributed by atoms with E-state index in [1.54, 1.807) is 0 Å². The van der Waals surface area contributed by atoms with E-state index < -0.39 is 5.66 Å². The maximum Gasteiger partial charge on any atom is 0.0952 e. The third-order valence-electron chi connectivity index (χ3n) is 3.47. The second-order valence-corrected chi connectivity index (χ2v) is 4.59. The van der Waals surface area contributed by atoms with Crippen LogP contribution in [0.15, 0.2) is 6.07 Å². The molecule has 1 aliphatic rings. The van der Waals surface area contributed by atoms with Crippen molar-refractivity contribution in [3.63, 3.8) is 0 Å². The van der Waals surface area contributed by atoms with Crippen LogP contribution in [0.25, 0.3) is 0 Å². The fourth-order valence-corrected chi connectivity index (χ4v) is 2.35. The Labute approximate surface area is 89.6 Å². The normalized spacial score (nSPS) is 22.8. The fraction of sp³-hybridized carbons (Fsp3) is 0.455. The number of hydrogen-bond donors (Lipinski definition) is 4. The third kappa shape index (κ3) is 1.22. The zero-order valence-corrected chi connectivity index (χ0v) is 9.17. The van der Waals surface area contributed by atoms with Gasteiger partial charge in [-0.05, 0) is 30.4 Å². The highest BCUT2D eigenvalue weighted by molar-refractivity contribution is 5.75. The third-order valence-corrected chi connectivity index (χ3v) is 3.47. The van der Waals surface area contributed by atoms with E-state index in [2.05, 4.69) is 0 Å². The molecule has 82 valence electrons. The van der Waals surface area contributed by atoms with Crippen molar-refractivity contribution in [2.75, 3.05) is 11.5 Å². The van der Waals surface area contributed by atoms with Gasteiger partial charge in [0.15, 0.2) is 0 Å². The molecule has 0 spiro atoms. The zero-order valence-electron chi connectivity index (χ0n) is 9.17. The highest BCUT2D eigenvalue weighted by atomic mass is 15.0. The molecule has 0 aromatic heterocycles. The average molecular weight is 206 g/mol. The van der Waals surface area contributed by atoms with Crippen molar-refractivity contribution in [3.05, 3.63) is 22.8 Å². The summed E-state index contributed by atoms with van der Waals surface area (Å²) < 4.78 is 0. The Hall–Kier alpha value is -1.26. The predicted octanol–water partition coefficient (Wildman–Crippen LogP) is 0.422. The van der Waals surface area contributed by atoms with E-state index in [-0.39, 0.29) is 5.92 Å². The zero-order chi connectivity index (χ0) is 11.4. The maximum absolute atomic E-state index is 6.09. The molecule has 0 fully saturated rings. The van der Waals surface area contributed by atoms with Gasteiger partial charge in [0.1, 0.15) is 0 Å². The molecule has 0 aliphatic heterocycles. The second-order valence-electron chi connectivity index (χ2n) is 4.59. The van der Waals surface area contributed by atoms with Gasteiger partial charge in [-0.3, -0.25) is 0 Å². The smallest absolute Gasteiger partial charge is 0.0952 e. The SMILES string of the molecule is Cc1cc2c(c(N)c1N)C(N)(N)C(C)C2. The van der Waals surface area contributed by atoms with Crippen molar-refractivity contribution in [1.29, 1.82) is 0 Å². The van der Waals surface area contributed by atoms with Crippen molar-refractivity contribution in [1.82, 2.24) is 0 Å². The summed E-state index contributed by atoms with van der Waals surface area (Å²) in [6, 6.07) is 2.04. The van der Waals surface area contributed by atoms with Gasteiger partial charge in [-0.25, -0.2) is 0 Å². The molecule has 0 saturated carbocycles. The Morgan fingerprint density at radius 1 is 1.27 bits per heavy atom. The molecule has 1 atom stereocenters. The lowest BCUT2D eigenvalue weighted by molar-refractivity contribution is 0.338. The molecular formula is C11H18N4. The lowest BCUT2D eigenvalue weighted by Crippen LogP contribution is -2.49. The molecule has 15 heavy (non-hydrogen) atoms. The van der Waals surface area contributed by atoms with Gasteiger partial charge in [0.05, 0.1) is 17.0 Å². The van der Waals surface area contributed by atoms with Crippen LogP contribution in [0.5, 0.6) is 0 Å². The summed E-state index contributed by atoms with van der Waals surface area (Å²) in [5, 5.41) is 0. The molecule has 1 unspecified atom stereocenters. The summed E-state index contributed by atoms with van der Waals surface area (Å²) in [4.78, 5) is 0. The Morgan fingerprint density at radius 2 is 1.87 bits per heavy atom. The number of benzene rings is 1. The number of rotatable bonds is 0. The Bertz CT molecular complexity index is 423. The highest BCUT2D eigenvalue weighted by Gasteiger charge is 2.40. The van der Waals surface area contributed by atoms with E-state index in [1.165, 1.54) is 0 Å². The monoisotopic (exact) mass is 206 g/mol. The number of hydrogen-bond acceptors (Lipinski definition) is 4. The van der Waals surface area contributed by atoms with Crippen LogP contribution < -0.4 is 22.9 Å². The number of nitrogen functional groups attached to an aromatic ring is 2. The van der Waals surface area contributed by atoms with Crippen LogP contribution in [-0.2, 0) is 12.1 Å². The van der Waals surface area contributed by atoms with E-state index >= 15 is 0 Å². The van der Waals surface area contributed by atoms with Crippen LogP contribution in [0.1, 0.15) is 23.6 Å². The van der Waals surface area contributed by atoms with Crippen molar-refractivity contribution in [3.8, 4) is 0 Å². The molecule has 8 N–H and O–H groups in total. The summed E-state index contributed by atoms with van der Waals surface area (Å²) >= 11 is 0. The molecular weight excluding hydrogens is 188 g/mol. The predicted molar refractivity (Wildman–Crippen MR) is 62.9 cm³/mol. The van der Waals surface area contributed by atoms with Crippen LogP contribution in [0.4, 0.5) is 11.4 Å². The van der Waals surface area contributed by atoms with Gasteiger partial charge in [-0.15, -0.1) is 0 Å². The minimum atomic E-state index is -0.846. The number of fused-ring (bicyclic) bond motifs is 1. The standard InChI is InChI=1S/C11H18N4/c1-5-3-7-4-6(2)11(14,15)8(7)10(13)9(5)12/h3,6H,4,12-15H2,1-2H3. The van der Waals surface area contributed by atoms with Gasteiger partial charge in [-0.1, -0.05) is 13.0 Å². The summed E-state index contributed by atoms with van der Waals surface area (Å²) in [7, 11) is 0. The molecule has 2 rings (SSSR count). The topological polar surface area (TPSA) is 104 Å². The van der Waals surface area contributed by atoms with Crippen LogP contribution in [0.3, 0.4) is 0 Å². The first-order valence-corrected chi connectivity index (χ1v) is 5.11. The van der Waals surface area contributed by atoms with E-state index in [0.29, 0.717) is 11.4 Å². The minimum absolute atomic E-state index is 0.191. The van der Waals surface area contributed by atoms with Crippen LogP contribution >= 0.6 is 0 Å². The lowest BCUT2D eigenvalue weighted by atomic mass is 9.94. The first-order chi connectivity index (χ1) is 6.85. The summed E-state index contributed by atoms with van der Waals surface area (Å²) in [5.41, 5.74) is 27.3. The largest absolute Gasteiger partial charge is 0.397 e. The van der Waals surface area contributed by atoms with Crippen LogP contribution in [0.2, 0.25) is 0 Å². The molecule has 4 nitrogen and oxygen atoms in total. The van der Waals surface area contributed by atoms with Crippen molar-refractivity contribution >= 4 is 11.4 Å². The fourth-order valence-electron chi connectivity index (χ4n) is 2.35. The quantitative estimate of drug-likeness (QED) is 0.365. The highest BCUT2D eigenvalue weighted by Crippen LogP contribution is 2.42. The lowest BCUT2D eigenvalue weighted by Gasteiger charge is -2.26. The van der Waals surface area contributed by atoms with Gasteiger partial charge >= 0.3 is 0 Å². The van der Waals surface area contributed by atoms with E-state index in [9.17, 15) is 0 Å². The molecule has 0 saturated heterocycles. The van der Waals surface area contributed by atoms with Gasteiger partial charge < -0.3 is 22.9 Å². The van der Waals surface area contributed by atoms with Gasteiger partial charge in [0.2, 0.25) is 0 Å². The van der Waals surface area contributed by atoms with Crippen molar-refractivity contribution in [2.24, 2.45) is 17.4 Å². The molecule has 4 heteroatoms.